The Hall–Kier alpha value is -3.22. The van der Waals surface area contributed by atoms with Crippen molar-refractivity contribution < 1.29 is 5.11 Å². The molecule has 0 spiro atoms. The lowest BCUT2D eigenvalue weighted by atomic mass is 10.1. The second-order valence-corrected chi connectivity index (χ2v) is 8.75. The predicted octanol–water partition coefficient (Wildman–Crippen LogP) is 6.06. The van der Waals surface area contributed by atoms with Gasteiger partial charge in [0.1, 0.15) is 10.8 Å². The van der Waals surface area contributed by atoms with Gasteiger partial charge in [-0.25, -0.2) is 4.52 Å². The van der Waals surface area contributed by atoms with Crippen LogP contribution in [0.3, 0.4) is 0 Å². The average molecular weight is 447 g/mol. The third-order valence-electron chi connectivity index (χ3n) is 5.02. The summed E-state index contributed by atoms with van der Waals surface area (Å²) in [4.78, 5) is 0.775. The number of fused-ring (bicyclic) bond motifs is 1. The largest absolute Gasteiger partial charge is 0.507 e. The summed E-state index contributed by atoms with van der Waals surface area (Å²) in [5.74, 6) is 0.251. The SMILES string of the molecule is Cc1cc(Sc2ccccc2O)nn1Cc1cc(Cl)cc2cc(-c3ccccc3)nn12. The standard InChI is InChI=1S/C24H19ClN4OS/c1-16-11-24(31-23-10-6-5-9-22(23)30)27-28(16)15-20-13-18(25)12-19-14-21(26-29(19)20)17-7-3-2-4-8-17/h2-14,30H,15H2,1H3. The van der Waals surface area contributed by atoms with Crippen molar-refractivity contribution in [2.45, 2.75) is 23.4 Å². The second kappa shape index (κ2) is 8.13. The van der Waals surface area contributed by atoms with E-state index in [0.717, 1.165) is 38.1 Å². The van der Waals surface area contributed by atoms with E-state index in [-0.39, 0.29) is 5.75 Å². The highest BCUT2D eigenvalue weighted by molar-refractivity contribution is 7.99. The molecular weight excluding hydrogens is 428 g/mol. The molecule has 0 atom stereocenters. The van der Waals surface area contributed by atoms with Crippen LogP contribution in [0.1, 0.15) is 11.4 Å². The molecule has 1 N–H and O–H groups in total. The van der Waals surface area contributed by atoms with Gasteiger partial charge in [0.15, 0.2) is 0 Å². The average Bonchev–Trinajstić information content (AvgIpc) is 3.34. The fourth-order valence-electron chi connectivity index (χ4n) is 3.49. The summed E-state index contributed by atoms with van der Waals surface area (Å²) in [5, 5.41) is 21.1. The maximum absolute atomic E-state index is 10.0. The lowest BCUT2D eigenvalue weighted by Crippen LogP contribution is -2.09. The van der Waals surface area contributed by atoms with Crippen molar-refractivity contribution in [3.8, 4) is 17.0 Å². The number of hydrogen-bond acceptors (Lipinski definition) is 4. The summed E-state index contributed by atoms with van der Waals surface area (Å²) in [5.41, 5.74) is 4.86. The molecule has 3 aromatic heterocycles. The van der Waals surface area contributed by atoms with Crippen molar-refractivity contribution in [2.75, 3.05) is 0 Å². The fraction of sp³-hybridized carbons (Fsp3) is 0.0833. The molecule has 2 aromatic carbocycles. The second-order valence-electron chi connectivity index (χ2n) is 7.25. The van der Waals surface area contributed by atoms with Crippen molar-refractivity contribution in [2.24, 2.45) is 0 Å². The van der Waals surface area contributed by atoms with Crippen LogP contribution in [0.4, 0.5) is 0 Å². The fourth-order valence-corrected chi connectivity index (χ4v) is 4.64. The van der Waals surface area contributed by atoms with E-state index in [2.05, 4.69) is 0 Å². The van der Waals surface area contributed by atoms with Gasteiger partial charge in [-0.3, -0.25) is 4.68 Å². The summed E-state index contributed by atoms with van der Waals surface area (Å²) >= 11 is 7.85. The van der Waals surface area contributed by atoms with Crippen LogP contribution in [0.15, 0.2) is 88.8 Å². The van der Waals surface area contributed by atoms with Crippen molar-refractivity contribution in [1.29, 1.82) is 0 Å². The third-order valence-corrected chi connectivity index (χ3v) is 6.21. The Morgan fingerprint density at radius 1 is 0.935 bits per heavy atom. The molecule has 5 rings (SSSR count). The molecule has 0 amide bonds. The van der Waals surface area contributed by atoms with E-state index >= 15 is 0 Å². The predicted molar refractivity (Wildman–Crippen MR) is 124 cm³/mol. The zero-order valence-electron chi connectivity index (χ0n) is 16.7. The maximum Gasteiger partial charge on any atom is 0.129 e. The van der Waals surface area contributed by atoms with Crippen molar-refractivity contribution in [3.05, 3.63) is 95.3 Å². The van der Waals surface area contributed by atoms with Gasteiger partial charge in [-0.05, 0) is 43.3 Å². The van der Waals surface area contributed by atoms with Crippen LogP contribution in [0.25, 0.3) is 16.8 Å². The maximum atomic E-state index is 10.0. The minimum atomic E-state index is 0.251. The zero-order chi connectivity index (χ0) is 21.4. The van der Waals surface area contributed by atoms with E-state index in [9.17, 15) is 5.11 Å². The van der Waals surface area contributed by atoms with Gasteiger partial charge in [0.25, 0.3) is 0 Å². The lowest BCUT2D eigenvalue weighted by molar-refractivity contribution is 0.462. The van der Waals surface area contributed by atoms with Crippen LogP contribution in [-0.2, 0) is 6.54 Å². The molecule has 0 bridgehead atoms. The molecule has 5 nitrogen and oxygen atoms in total. The summed E-state index contributed by atoms with van der Waals surface area (Å²) < 4.78 is 3.85. The van der Waals surface area contributed by atoms with Gasteiger partial charge in [-0.2, -0.15) is 10.2 Å². The van der Waals surface area contributed by atoms with Gasteiger partial charge in [0.05, 0.1) is 28.3 Å². The van der Waals surface area contributed by atoms with E-state index in [1.807, 2.05) is 82.9 Å². The number of phenolic OH excluding ortho intramolecular Hbond substituents is 1. The van der Waals surface area contributed by atoms with Gasteiger partial charge < -0.3 is 5.11 Å². The topological polar surface area (TPSA) is 55.4 Å². The van der Waals surface area contributed by atoms with Crippen molar-refractivity contribution >= 4 is 28.9 Å². The Labute approximate surface area is 188 Å². The van der Waals surface area contributed by atoms with E-state index in [4.69, 9.17) is 21.8 Å². The molecule has 0 saturated carbocycles. The van der Waals surface area contributed by atoms with Crippen LogP contribution < -0.4 is 0 Å². The Morgan fingerprint density at radius 3 is 2.52 bits per heavy atom. The van der Waals surface area contributed by atoms with Crippen molar-refractivity contribution in [1.82, 2.24) is 19.4 Å². The van der Waals surface area contributed by atoms with Gasteiger partial charge in [0.2, 0.25) is 0 Å². The molecule has 154 valence electrons. The third kappa shape index (κ3) is 4.04. The number of aryl methyl sites for hydroxylation is 1. The van der Waals surface area contributed by atoms with Crippen LogP contribution >= 0.6 is 23.4 Å². The number of aromatic nitrogens is 4. The Kier molecular flexibility index (Phi) is 5.18. The normalized spacial score (nSPS) is 11.3. The highest BCUT2D eigenvalue weighted by Crippen LogP contribution is 2.33. The molecule has 7 heteroatoms. The number of para-hydroxylation sites is 1. The minimum Gasteiger partial charge on any atom is -0.507 e. The van der Waals surface area contributed by atoms with Crippen molar-refractivity contribution in [3.63, 3.8) is 0 Å². The number of pyridine rings is 1. The van der Waals surface area contributed by atoms with Crippen LogP contribution in [0.5, 0.6) is 5.75 Å². The van der Waals surface area contributed by atoms with E-state index in [1.54, 1.807) is 12.1 Å². The molecular formula is C24H19ClN4OS. The minimum absolute atomic E-state index is 0.251. The molecule has 0 aliphatic rings. The number of nitrogens with zero attached hydrogens (tertiary/aromatic N) is 4. The number of phenols is 1. The summed E-state index contributed by atoms with van der Waals surface area (Å²) in [6.07, 6.45) is 0. The Balaban J connectivity index is 1.48. The number of aromatic hydroxyl groups is 1. The monoisotopic (exact) mass is 446 g/mol. The number of rotatable bonds is 5. The molecule has 0 saturated heterocycles. The van der Waals surface area contributed by atoms with E-state index in [1.165, 1.54) is 11.8 Å². The lowest BCUT2D eigenvalue weighted by Gasteiger charge is -2.08. The van der Waals surface area contributed by atoms with Gasteiger partial charge in [-0.1, -0.05) is 65.8 Å². The van der Waals surface area contributed by atoms with Gasteiger partial charge in [0, 0.05) is 16.3 Å². The van der Waals surface area contributed by atoms with Crippen LogP contribution in [-0.4, -0.2) is 24.5 Å². The van der Waals surface area contributed by atoms with E-state index in [0.29, 0.717) is 11.6 Å². The van der Waals surface area contributed by atoms with Gasteiger partial charge >= 0.3 is 0 Å². The molecule has 0 aliphatic heterocycles. The summed E-state index contributed by atoms with van der Waals surface area (Å²) in [6, 6.07) is 25.2. The smallest absolute Gasteiger partial charge is 0.129 e. The zero-order valence-corrected chi connectivity index (χ0v) is 18.3. The van der Waals surface area contributed by atoms with Gasteiger partial charge in [-0.15, -0.1) is 0 Å². The molecule has 31 heavy (non-hydrogen) atoms. The molecule has 0 radical (unpaired) electrons. The molecule has 5 aromatic rings. The first kappa shape index (κ1) is 19.7. The highest BCUT2D eigenvalue weighted by Gasteiger charge is 2.13. The first-order valence-electron chi connectivity index (χ1n) is 9.81. The summed E-state index contributed by atoms with van der Waals surface area (Å²) in [7, 11) is 0. The number of halogens is 1. The molecule has 0 aliphatic carbocycles. The summed E-state index contributed by atoms with van der Waals surface area (Å²) in [6.45, 7) is 2.54. The molecule has 0 fully saturated rings. The Bertz CT molecular complexity index is 1380. The first-order chi connectivity index (χ1) is 15.1. The Morgan fingerprint density at radius 2 is 1.71 bits per heavy atom. The van der Waals surface area contributed by atoms with Crippen LogP contribution in [0.2, 0.25) is 5.02 Å². The van der Waals surface area contributed by atoms with E-state index < -0.39 is 0 Å². The van der Waals surface area contributed by atoms with Crippen LogP contribution in [0, 0.1) is 6.92 Å². The molecule has 3 heterocycles. The number of hydrogen-bond donors (Lipinski definition) is 1. The first-order valence-corrected chi connectivity index (χ1v) is 11.0. The highest BCUT2D eigenvalue weighted by atomic mass is 35.5. The number of benzene rings is 2. The molecule has 0 unspecified atom stereocenters. The quantitative estimate of drug-likeness (QED) is 0.356.